The van der Waals surface area contributed by atoms with Crippen LogP contribution in [0.5, 0.6) is 0 Å². The lowest BCUT2D eigenvalue weighted by Gasteiger charge is -2.24. The summed E-state index contributed by atoms with van der Waals surface area (Å²) in [5.74, 6) is 0. The number of ether oxygens (including phenoxy) is 1. The van der Waals surface area contributed by atoms with E-state index in [9.17, 15) is 26.4 Å². The second kappa shape index (κ2) is 8.02. The van der Waals surface area contributed by atoms with Gasteiger partial charge in [0.2, 0.25) is 0 Å². The molecule has 0 spiro atoms. The number of hydrogen-bond acceptors (Lipinski definition) is 4. The van der Waals surface area contributed by atoms with Crippen molar-refractivity contribution >= 4 is 32.0 Å². The zero-order chi connectivity index (χ0) is 22.2. The van der Waals surface area contributed by atoms with Crippen LogP contribution in [0.2, 0.25) is 0 Å². The molecule has 0 bridgehead atoms. The highest BCUT2D eigenvalue weighted by atomic mass is 79.9. The molecule has 11 heteroatoms. The molecule has 160 valence electrons. The van der Waals surface area contributed by atoms with Crippen molar-refractivity contribution in [1.82, 2.24) is 8.87 Å². The zero-order valence-corrected chi connectivity index (χ0v) is 18.5. The van der Waals surface area contributed by atoms with Crippen molar-refractivity contribution in [3.05, 3.63) is 52.3 Å². The van der Waals surface area contributed by atoms with E-state index in [4.69, 9.17) is 4.74 Å². The van der Waals surface area contributed by atoms with Gasteiger partial charge in [-0.25, -0.2) is 17.2 Å². The summed E-state index contributed by atoms with van der Waals surface area (Å²) < 4.78 is 70.6. The lowest BCUT2D eigenvalue weighted by molar-refractivity contribution is -0.137. The summed E-state index contributed by atoms with van der Waals surface area (Å²) in [5, 5.41) is 0. The molecule has 1 amide bonds. The quantitative estimate of drug-likeness (QED) is 0.605. The first-order valence-electron chi connectivity index (χ1n) is 8.35. The number of alkyl halides is 3. The predicted octanol–water partition coefficient (Wildman–Crippen LogP) is 4.87. The fraction of sp³-hybridized carbons (Fsp3) is 0.389. The van der Waals surface area contributed by atoms with Gasteiger partial charge in [-0.1, -0.05) is 6.07 Å². The minimum atomic E-state index is -4.67. The topological polar surface area (TPSA) is 68.6 Å². The second-order valence-electron chi connectivity index (χ2n) is 7.33. The van der Waals surface area contributed by atoms with Crippen molar-refractivity contribution < 1.29 is 31.1 Å². The molecular formula is C18H20BrF3N2O4S. The fourth-order valence-corrected chi connectivity index (χ4v) is 4.64. The molecule has 0 radical (unpaired) electrons. The van der Waals surface area contributed by atoms with Crippen LogP contribution in [0, 0.1) is 0 Å². The van der Waals surface area contributed by atoms with Gasteiger partial charge in [-0.3, -0.25) is 0 Å². The molecule has 0 N–H and O–H groups in total. The fourth-order valence-electron chi connectivity index (χ4n) is 2.36. The van der Waals surface area contributed by atoms with Crippen molar-refractivity contribution in [3.8, 4) is 0 Å². The van der Waals surface area contributed by atoms with E-state index >= 15 is 0 Å². The van der Waals surface area contributed by atoms with Crippen molar-refractivity contribution in [2.24, 2.45) is 0 Å². The van der Waals surface area contributed by atoms with Crippen LogP contribution in [0.15, 0.2) is 46.0 Å². The zero-order valence-electron chi connectivity index (χ0n) is 16.1. The Hall–Kier alpha value is -2.01. The number of benzene rings is 1. The smallest absolute Gasteiger partial charge is 0.416 e. The van der Waals surface area contributed by atoms with Crippen LogP contribution in [0.1, 0.15) is 31.9 Å². The molecule has 1 heterocycles. The maximum absolute atomic E-state index is 12.9. The molecule has 0 saturated carbocycles. The first-order chi connectivity index (χ1) is 13.1. The normalized spacial score (nSPS) is 12.7. The molecule has 0 aliphatic rings. The first-order valence-corrected chi connectivity index (χ1v) is 10.6. The number of rotatable bonds is 4. The minimum Gasteiger partial charge on any atom is -0.444 e. The molecule has 2 rings (SSSR count). The molecular weight excluding hydrogens is 477 g/mol. The first kappa shape index (κ1) is 23.3. The SMILES string of the molecule is CN(Cc1cc(Br)n(S(=O)(=O)c2cccc(C(F)(F)F)c2)c1)C(=O)OC(C)(C)C. The highest BCUT2D eigenvalue weighted by Gasteiger charge is 2.32. The van der Waals surface area contributed by atoms with E-state index in [1.54, 1.807) is 20.8 Å². The Labute approximate surface area is 175 Å². The molecule has 1 aromatic carbocycles. The summed E-state index contributed by atoms with van der Waals surface area (Å²) in [6.45, 7) is 5.19. The van der Waals surface area contributed by atoms with E-state index in [2.05, 4.69) is 15.9 Å². The third-order valence-corrected chi connectivity index (χ3v) is 6.16. The standard InChI is InChI=1S/C18H20BrF3N2O4S/c1-17(2,3)28-16(25)23(4)10-12-8-15(19)24(11-12)29(26,27)14-7-5-6-13(9-14)18(20,21)22/h5-9,11H,10H2,1-4H3. The molecule has 1 aromatic heterocycles. The maximum atomic E-state index is 12.9. The van der Waals surface area contributed by atoms with Gasteiger partial charge in [0.15, 0.2) is 0 Å². The van der Waals surface area contributed by atoms with Gasteiger partial charge in [0, 0.05) is 13.2 Å². The van der Waals surface area contributed by atoms with Crippen LogP contribution < -0.4 is 0 Å². The number of nitrogens with zero attached hydrogens (tertiary/aromatic N) is 2. The van der Waals surface area contributed by atoms with Crippen LogP contribution in [0.25, 0.3) is 0 Å². The molecule has 0 unspecified atom stereocenters. The number of carbonyl (C=O) groups excluding carboxylic acids is 1. The monoisotopic (exact) mass is 496 g/mol. The van der Waals surface area contributed by atoms with Crippen LogP contribution in [-0.4, -0.2) is 36.0 Å². The average Bonchev–Trinajstić information content (AvgIpc) is 2.93. The second-order valence-corrected chi connectivity index (χ2v) is 9.96. The summed E-state index contributed by atoms with van der Waals surface area (Å²) in [5.41, 5.74) is -1.31. The Morgan fingerprint density at radius 2 is 1.83 bits per heavy atom. The number of aromatic nitrogens is 1. The Kier molecular flexibility index (Phi) is 6.43. The van der Waals surface area contributed by atoms with E-state index in [0.717, 1.165) is 22.2 Å². The van der Waals surface area contributed by atoms with Gasteiger partial charge in [0.25, 0.3) is 10.0 Å². The van der Waals surface area contributed by atoms with E-state index in [-0.39, 0.29) is 11.1 Å². The molecule has 0 aliphatic carbocycles. The largest absolute Gasteiger partial charge is 0.444 e. The summed E-state index contributed by atoms with van der Waals surface area (Å²) in [6.07, 6.45) is -4.02. The summed E-state index contributed by atoms with van der Waals surface area (Å²) in [4.78, 5) is 12.8. The molecule has 2 aromatic rings. The van der Waals surface area contributed by atoms with Crippen LogP contribution in [-0.2, 0) is 27.5 Å². The number of halogens is 4. The third kappa shape index (κ3) is 5.75. The van der Waals surface area contributed by atoms with Gasteiger partial charge >= 0.3 is 12.3 Å². The van der Waals surface area contributed by atoms with Crippen LogP contribution in [0.4, 0.5) is 18.0 Å². The lowest BCUT2D eigenvalue weighted by atomic mass is 10.2. The molecule has 0 atom stereocenters. The molecule has 0 fully saturated rings. The van der Waals surface area contributed by atoms with Crippen LogP contribution >= 0.6 is 15.9 Å². The Bertz CT molecular complexity index is 1010. The Morgan fingerprint density at radius 3 is 2.38 bits per heavy atom. The van der Waals surface area contributed by atoms with E-state index in [1.165, 1.54) is 24.2 Å². The van der Waals surface area contributed by atoms with E-state index in [0.29, 0.717) is 11.6 Å². The minimum absolute atomic E-state index is 0.0403. The Morgan fingerprint density at radius 1 is 1.21 bits per heavy atom. The third-order valence-electron chi connectivity index (χ3n) is 3.64. The van der Waals surface area contributed by atoms with Gasteiger partial charge in [0.1, 0.15) is 10.2 Å². The van der Waals surface area contributed by atoms with Crippen molar-refractivity contribution in [1.29, 1.82) is 0 Å². The van der Waals surface area contributed by atoms with Crippen molar-refractivity contribution in [2.75, 3.05) is 7.05 Å². The van der Waals surface area contributed by atoms with E-state index in [1.807, 2.05) is 0 Å². The van der Waals surface area contributed by atoms with Crippen molar-refractivity contribution in [2.45, 2.75) is 44.0 Å². The molecule has 6 nitrogen and oxygen atoms in total. The summed E-state index contributed by atoms with van der Waals surface area (Å²) in [7, 11) is -2.79. The van der Waals surface area contributed by atoms with Gasteiger partial charge in [-0.15, -0.1) is 0 Å². The summed E-state index contributed by atoms with van der Waals surface area (Å²) >= 11 is 3.11. The Balaban J connectivity index is 2.31. The van der Waals surface area contributed by atoms with E-state index < -0.39 is 38.4 Å². The van der Waals surface area contributed by atoms with Gasteiger partial charge in [-0.05, 0) is 66.5 Å². The van der Waals surface area contributed by atoms with Crippen LogP contribution in [0.3, 0.4) is 0 Å². The van der Waals surface area contributed by atoms with Gasteiger partial charge < -0.3 is 9.64 Å². The number of amides is 1. The number of hydrogen-bond donors (Lipinski definition) is 0. The molecule has 0 aliphatic heterocycles. The van der Waals surface area contributed by atoms with Gasteiger partial charge in [-0.2, -0.15) is 13.2 Å². The highest BCUT2D eigenvalue weighted by molar-refractivity contribution is 9.10. The molecule has 0 saturated heterocycles. The van der Waals surface area contributed by atoms with Gasteiger partial charge in [0.05, 0.1) is 17.0 Å². The highest BCUT2D eigenvalue weighted by Crippen LogP contribution is 2.31. The predicted molar refractivity (Wildman–Crippen MR) is 104 cm³/mol. The number of carbonyl (C=O) groups is 1. The summed E-state index contributed by atoms with van der Waals surface area (Å²) in [6, 6.07) is 4.96. The lowest BCUT2D eigenvalue weighted by Crippen LogP contribution is -2.33. The molecule has 29 heavy (non-hydrogen) atoms. The van der Waals surface area contributed by atoms with Crippen molar-refractivity contribution in [3.63, 3.8) is 0 Å². The maximum Gasteiger partial charge on any atom is 0.416 e. The average molecular weight is 497 g/mol.